The van der Waals surface area contributed by atoms with Crippen molar-refractivity contribution in [3.63, 3.8) is 0 Å². The first-order valence-electron chi connectivity index (χ1n) is 9.27. The Labute approximate surface area is 172 Å². The van der Waals surface area contributed by atoms with Crippen LogP contribution in [0.25, 0.3) is 0 Å². The first kappa shape index (κ1) is 21.9. The van der Waals surface area contributed by atoms with Gasteiger partial charge in [-0.2, -0.15) is 0 Å². The van der Waals surface area contributed by atoms with Crippen molar-refractivity contribution in [2.45, 2.75) is 33.7 Å². The summed E-state index contributed by atoms with van der Waals surface area (Å²) in [4.78, 5) is 26.4. The molecular formula is C22H28ClN3O2. The van der Waals surface area contributed by atoms with Crippen LogP contribution in [-0.4, -0.2) is 36.9 Å². The maximum absolute atomic E-state index is 12.2. The predicted molar refractivity (Wildman–Crippen MR) is 115 cm³/mol. The smallest absolute Gasteiger partial charge is 0.243 e. The van der Waals surface area contributed by atoms with Gasteiger partial charge in [-0.15, -0.1) is 0 Å². The Morgan fingerprint density at radius 2 is 1.61 bits per heavy atom. The van der Waals surface area contributed by atoms with E-state index in [1.807, 2.05) is 76.0 Å². The zero-order valence-corrected chi connectivity index (χ0v) is 17.9. The SMILES string of the molecule is Cc1cc(C)c(NC(=O)CNC(=O)CN(C)C(C)c2ccc(Cl)cc2)c(C)c1. The van der Waals surface area contributed by atoms with E-state index in [1.165, 1.54) is 0 Å². The number of carbonyl (C=O) groups excluding carboxylic acids is 2. The summed E-state index contributed by atoms with van der Waals surface area (Å²) < 4.78 is 0. The van der Waals surface area contributed by atoms with Gasteiger partial charge in [0.1, 0.15) is 0 Å². The van der Waals surface area contributed by atoms with Crippen molar-refractivity contribution >= 4 is 29.1 Å². The minimum atomic E-state index is -0.239. The topological polar surface area (TPSA) is 61.4 Å². The summed E-state index contributed by atoms with van der Waals surface area (Å²) >= 11 is 5.92. The van der Waals surface area contributed by atoms with Crippen LogP contribution in [0.5, 0.6) is 0 Å². The zero-order valence-electron chi connectivity index (χ0n) is 17.1. The van der Waals surface area contributed by atoms with Crippen LogP contribution in [0.1, 0.15) is 35.2 Å². The number of anilines is 1. The first-order valence-corrected chi connectivity index (χ1v) is 9.65. The minimum absolute atomic E-state index is 0.0506. The third-order valence-corrected chi connectivity index (χ3v) is 5.05. The molecule has 0 aromatic heterocycles. The molecule has 0 aliphatic heterocycles. The fourth-order valence-electron chi connectivity index (χ4n) is 3.15. The monoisotopic (exact) mass is 401 g/mol. The van der Waals surface area contributed by atoms with Gasteiger partial charge in [0.05, 0.1) is 13.1 Å². The fraction of sp³-hybridized carbons (Fsp3) is 0.364. The molecule has 2 amide bonds. The average molecular weight is 402 g/mol. The van der Waals surface area contributed by atoms with Crippen LogP contribution in [0.2, 0.25) is 5.02 Å². The van der Waals surface area contributed by atoms with Crippen LogP contribution in [0.15, 0.2) is 36.4 Å². The molecule has 0 aliphatic carbocycles. The Kier molecular flexibility index (Phi) is 7.61. The summed E-state index contributed by atoms with van der Waals surface area (Å²) in [6.07, 6.45) is 0. The summed E-state index contributed by atoms with van der Waals surface area (Å²) in [5, 5.41) is 6.26. The number of amides is 2. The predicted octanol–water partition coefficient (Wildman–Crippen LogP) is 4.01. The van der Waals surface area contributed by atoms with Gasteiger partial charge < -0.3 is 10.6 Å². The molecule has 0 aliphatic rings. The number of nitrogens with zero attached hydrogens (tertiary/aromatic N) is 1. The molecule has 0 saturated carbocycles. The summed E-state index contributed by atoms with van der Waals surface area (Å²) in [5.41, 5.74) is 5.04. The lowest BCUT2D eigenvalue weighted by Gasteiger charge is -2.24. The van der Waals surface area contributed by atoms with Crippen LogP contribution >= 0.6 is 11.6 Å². The number of hydrogen-bond donors (Lipinski definition) is 2. The summed E-state index contributed by atoms with van der Waals surface area (Å²) in [6.45, 7) is 8.09. The van der Waals surface area contributed by atoms with Gasteiger partial charge in [-0.3, -0.25) is 14.5 Å². The zero-order chi connectivity index (χ0) is 20.8. The number of nitrogens with one attached hydrogen (secondary N) is 2. The lowest BCUT2D eigenvalue weighted by molar-refractivity contribution is -0.125. The molecule has 2 N–H and O–H groups in total. The average Bonchev–Trinajstić information content (AvgIpc) is 2.63. The standard InChI is InChI=1S/C22H28ClN3O2/c1-14-10-15(2)22(16(3)11-14)25-20(27)12-24-21(28)13-26(5)17(4)18-6-8-19(23)9-7-18/h6-11,17H,12-13H2,1-5H3,(H,24,28)(H,25,27). The normalized spacial score (nSPS) is 12.0. The van der Waals surface area contributed by atoms with Gasteiger partial charge in [0.15, 0.2) is 0 Å². The Morgan fingerprint density at radius 1 is 1.04 bits per heavy atom. The van der Waals surface area contributed by atoms with Crippen molar-refractivity contribution in [1.29, 1.82) is 0 Å². The highest BCUT2D eigenvalue weighted by Gasteiger charge is 2.16. The van der Waals surface area contributed by atoms with E-state index in [0.29, 0.717) is 5.02 Å². The van der Waals surface area contributed by atoms with E-state index in [1.54, 1.807) is 0 Å². The lowest BCUT2D eigenvalue weighted by Crippen LogP contribution is -2.40. The van der Waals surface area contributed by atoms with Gasteiger partial charge in [0, 0.05) is 16.8 Å². The molecule has 0 heterocycles. The van der Waals surface area contributed by atoms with Gasteiger partial charge in [-0.25, -0.2) is 0 Å². The highest BCUT2D eigenvalue weighted by molar-refractivity contribution is 6.30. The largest absolute Gasteiger partial charge is 0.346 e. The van der Waals surface area contributed by atoms with Crippen LogP contribution in [0.4, 0.5) is 5.69 Å². The van der Waals surface area contributed by atoms with E-state index < -0.39 is 0 Å². The minimum Gasteiger partial charge on any atom is -0.346 e. The van der Waals surface area contributed by atoms with Crippen molar-refractivity contribution < 1.29 is 9.59 Å². The van der Waals surface area contributed by atoms with Crippen molar-refractivity contribution in [3.8, 4) is 0 Å². The number of aryl methyl sites for hydroxylation is 3. The molecule has 28 heavy (non-hydrogen) atoms. The quantitative estimate of drug-likeness (QED) is 0.736. The fourth-order valence-corrected chi connectivity index (χ4v) is 3.28. The summed E-state index contributed by atoms with van der Waals surface area (Å²) in [6, 6.07) is 11.7. The molecule has 2 aromatic rings. The third-order valence-electron chi connectivity index (χ3n) is 4.79. The van der Waals surface area contributed by atoms with Crippen LogP contribution in [0, 0.1) is 20.8 Å². The summed E-state index contributed by atoms with van der Waals surface area (Å²) in [7, 11) is 1.87. The Bertz CT molecular complexity index is 826. The molecule has 5 nitrogen and oxygen atoms in total. The molecule has 0 radical (unpaired) electrons. The molecule has 1 unspecified atom stereocenters. The number of halogens is 1. The molecule has 2 rings (SSSR count). The maximum atomic E-state index is 12.2. The van der Waals surface area contributed by atoms with E-state index in [-0.39, 0.29) is 30.9 Å². The van der Waals surface area contributed by atoms with Crippen LogP contribution < -0.4 is 10.6 Å². The number of hydrogen-bond acceptors (Lipinski definition) is 3. The second kappa shape index (κ2) is 9.71. The van der Waals surface area contributed by atoms with Gasteiger partial charge in [0.2, 0.25) is 11.8 Å². The third kappa shape index (κ3) is 6.08. The van der Waals surface area contributed by atoms with E-state index in [0.717, 1.165) is 27.9 Å². The van der Waals surface area contributed by atoms with Gasteiger partial charge in [-0.1, -0.05) is 41.4 Å². The van der Waals surface area contributed by atoms with Crippen LogP contribution in [-0.2, 0) is 9.59 Å². The summed E-state index contributed by atoms with van der Waals surface area (Å²) in [5.74, 6) is -0.437. The van der Waals surface area contributed by atoms with Gasteiger partial charge in [-0.05, 0) is 63.6 Å². The Hall–Kier alpha value is -2.37. The van der Waals surface area contributed by atoms with E-state index in [4.69, 9.17) is 11.6 Å². The Morgan fingerprint density at radius 3 is 2.18 bits per heavy atom. The molecule has 0 bridgehead atoms. The van der Waals surface area contributed by atoms with Gasteiger partial charge in [0.25, 0.3) is 0 Å². The molecule has 0 fully saturated rings. The van der Waals surface area contributed by atoms with Crippen molar-refractivity contribution in [1.82, 2.24) is 10.2 Å². The maximum Gasteiger partial charge on any atom is 0.243 e. The molecule has 2 aromatic carbocycles. The molecule has 150 valence electrons. The molecule has 6 heteroatoms. The van der Waals surface area contributed by atoms with Crippen molar-refractivity contribution in [3.05, 3.63) is 63.7 Å². The highest BCUT2D eigenvalue weighted by Crippen LogP contribution is 2.22. The second-order valence-corrected chi connectivity index (χ2v) is 7.68. The van der Waals surface area contributed by atoms with Crippen molar-refractivity contribution in [2.24, 2.45) is 0 Å². The van der Waals surface area contributed by atoms with E-state index in [9.17, 15) is 9.59 Å². The molecule has 1 atom stereocenters. The first-order chi connectivity index (χ1) is 13.2. The molecule has 0 spiro atoms. The van der Waals surface area contributed by atoms with E-state index in [2.05, 4.69) is 10.6 Å². The lowest BCUT2D eigenvalue weighted by atomic mass is 10.1. The molecule has 0 saturated heterocycles. The number of carbonyl (C=O) groups is 2. The second-order valence-electron chi connectivity index (χ2n) is 7.24. The van der Waals surface area contributed by atoms with Gasteiger partial charge >= 0.3 is 0 Å². The highest BCUT2D eigenvalue weighted by atomic mass is 35.5. The van der Waals surface area contributed by atoms with E-state index >= 15 is 0 Å². The Balaban J connectivity index is 1.84. The van der Waals surface area contributed by atoms with Crippen LogP contribution in [0.3, 0.4) is 0 Å². The molecular weight excluding hydrogens is 374 g/mol. The number of benzene rings is 2. The van der Waals surface area contributed by atoms with Crippen molar-refractivity contribution in [2.75, 3.05) is 25.5 Å². The number of rotatable bonds is 7. The number of likely N-dealkylation sites (N-methyl/N-ethyl adjacent to an activating group) is 1.